The van der Waals surface area contributed by atoms with Crippen LogP contribution in [0.5, 0.6) is 11.5 Å². The van der Waals surface area contributed by atoms with Crippen LogP contribution in [0, 0.1) is 0 Å². The first-order valence-corrected chi connectivity index (χ1v) is 9.00. The Kier molecular flexibility index (Phi) is 7.67. The number of amides is 1. The third-order valence-electron chi connectivity index (χ3n) is 4.05. The molecule has 0 saturated carbocycles. The molecule has 2 aromatic carbocycles. The van der Waals surface area contributed by atoms with Crippen molar-refractivity contribution in [3.8, 4) is 11.5 Å². The van der Waals surface area contributed by atoms with Crippen LogP contribution in [0.1, 0.15) is 53.3 Å². The standard InChI is InChI=1S/C21H25NO5/c1-3-4-5-6-13-27-17-10-7-15(8-11-17)20(24)22-18-12-9-16(14-19(18)23)21(25)26-2/h7-12,14,23H,3-6,13H2,1-2H3,(H,22,24). The Balaban J connectivity index is 1.93. The van der Waals surface area contributed by atoms with Crippen LogP contribution < -0.4 is 10.1 Å². The van der Waals surface area contributed by atoms with E-state index in [1.54, 1.807) is 24.3 Å². The maximum Gasteiger partial charge on any atom is 0.337 e. The molecule has 0 aliphatic carbocycles. The molecule has 0 heterocycles. The largest absolute Gasteiger partial charge is 0.506 e. The lowest BCUT2D eigenvalue weighted by molar-refractivity contribution is 0.0600. The third-order valence-corrected chi connectivity index (χ3v) is 4.05. The average molecular weight is 371 g/mol. The van der Waals surface area contributed by atoms with Crippen LogP contribution in [0.4, 0.5) is 5.69 Å². The van der Waals surface area contributed by atoms with Crippen LogP contribution in [0.2, 0.25) is 0 Å². The first kappa shape index (κ1) is 20.3. The number of aromatic hydroxyl groups is 1. The lowest BCUT2D eigenvalue weighted by Gasteiger charge is -2.10. The number of hydrogen-bond acceptors (Lipinski definition) is 5. The highest BCUT2D eigenvalue weighted by atomic mass is 16.5. The Morgan fingerprint density at radius 3 is 2.33 bits per heavy atom. The highest BCUT2D eigenvalue weighted by molar-refractivity contribution is 6.05. The number of methoxy groups -OCH3 is 1. The number of hydrogen-bond donors (Lipinski definition) is 2. The van der Waals surface area contributed by atoms with Crippen LogP contribution in [0.15, 0.2) is 42.5 Å². The van der Waals surface area contributed by atoms with Crippen molar-refractivity contribution in [2.45, 2.75) is 32.6 Å². The number of esters is 1. The summed E-state index contributed by atoms with van der Waals surface area (Å²) in [5, 5.41) is 12.6. The Bertz CT molecular complexity index is 771. The molecule has 6 nitrogen and oxygen atoms in total. The summed E-state index contributed by atoms with van der Waals surface area (Å²) in [6.07, 6.45) is 4.55. The number of unbranched alkanes of at least 4 members (excludes halogenated alkanes) is 3. The van der Waals surface area contributed by atoms with E-state index in [1.807, 2.05) is 0 Å². The molecule has 2 aromatic rings. The number of carbonyl (C=O) groups is 2. The second kappa shape index (κ2) is 10.2. The molecule has 27 heavy (non-hydrogen) atoms. The molecule has 144 valence electrons. The fraction of sp³-hybridized carbons (Fsp3) is 0.333. The fourth-order valence-corrected chi connectivity index (χ4v) is 2.50. The van der Waals surface area contributed by atoms with E-state index in [1.165, 1.54) is 38.2 Å². The number of ether oxygens (including phenoxy) is 2. The van der Waals surface area contributed by atoms with Gasteiger partial charge in [-0.3, -0.25) is 4.79 Å². The van der Waals surface area contributed by atoms with Crippen LogP contribution in [-0.2, 0) is 4.74 Å². The number of rotatable bonds is 9. The molecule has 0 fully saturated rings. The molecule has 0 spiro atoms. The normalized spacial score (nSPS) is 10.3. The maximum absolute atomic E-state index is 12.3. The van der Waals surface area contributed by atoms with E-state index in [9.17, 15) is 14.7 Å². The molecule has 2 N–H and O–H groups in total. The number of anilines is 1. The summed E-state index contributed by atoms with van der Waals surface area (Å²) < 4.78 is 10.2. The Morgan fingerprint density at radius 2 is 1.70 bits per heavy atom. The smallest absolute Gasteiger partial charge is 0.337 e. The van der Waals surface area contributed by atoms with Crippen LogP contribution >= 0.6 is 0 Å². The lowest BCUT2D eigenvalue weighted by atomic mass is 10.1. The van der Waals surface area contributed by atoms with Gasteiger partial charge >= 0.3 is 5.97 Å². The first-order chi connectivity index (χ1) is 13.0. The van der Waals surface area contributed by atoms with Crippen molar-refractivity contribution in [3.63, 3.8) is 0 Å². The van der Waals surface area contributed by atoms with Gasteiger partial charge in [0.2, 0.25) is 0 Å². The van der Waals surface area contributed by atoms with Gasteiger partial charge in [0.1, 0.15) is 11.5 Å². The van der Waals surface area contributed by atoms with Gasteiger partial charge in [0, 0.05) is 5.56 Å². The predicted molar refractivity (Wildman–Crippen MR) is 103 cm³/mol. The Morgan fingerprint density at radius 1 is 1.00 bits per heavy atom. The number of phenolic OH excluding ortho intramolecular Hbond substituents is 1. The van der Waals surface area contributed by atoms with E-state index < -0.39 is 5.97 Å². The maximum atomic E-state index is 12.3. The van der Waals surface area contributed by atoms with Crippen molar-refractivity contribution >= 4 is 17.6 Å². The second-order valence-corrected chi connectivity index (χ2v) is 6.11. The van der Waals surface area contributed by atoms with Crippen molar-refractivity contribution in [1.29, 1.82) is 0 Å². The van der Waals surface area contributed by atoms with Crippen molar-refractivity contribution < 1.29 is 24.2 Å². The minimum atomic E-state index is -0.562. The van der Waals surface area contributed by atoms with Gasteiger partial charge in [-0.1, -0.05) is 26.2 Å². The van der Waals surface area contributed by atoms with Gasteiger partial charge in [-0.25, -0.2) is 4.79 Å². The molecular formula is C21H25NO5. The van der Waals surface area contributed by atoms with Crippen molar-refractivity contribution in [3.05, 3.63) is 53.6 Å². The van der Waals surface area contributed by atoms with Gasteiger partial charge in [-0.15, -0.1) is 0 Å². The topological polar surface area (TPSA) is 84.9 Å². The molecule has 1 amide bonds. The van der Waals surface area contributed by atoms with Gasteiger partial charge in [-0.05, 0) is 48.9 Å². The Labute approximate surface area is 159 Å². The van der Waals surface area contributed by atoms with E-state index in [0.717, 1.165) is 12.8 Å². The SMILES string of the molecule is CCCCCCOc1ccc(C(=O)Nc2ccc(C(=O)OC)cc2O)cc1. The molecular weight excluding hydrogens is 346 g/mol. The summed E-state index contributed by atoms with van der Waals surface area (Å²) in [7, 11) is 1.26. The van der Waals surface area contributed by atoms with Gasteiger partial charge in [-0.2, -0.15) is 0 Å². The van der Waals surface area contributed by atoms with Crippen molar-refractivity contribution in [2.24, 2.45) is 0 Å². The molecule has 0 radical (unpaired) electrons. The minimum absolute atomic E-state index is 0.202. The van der Waals surface area contributed by atoms with Crippen molar-refractivity contribution in [2.75, 3.05) is 19.0 Å². The zero-order valence-corrected chi connectivity index (χ0v) is 15.7. The Hall–Kier alpha value is -3.02. The zero-order chi connectivity index (χ0) is 19.6. The number of carbonyl (C=O) groups excluding carboxylic acids is 2. The zero-order valence-electron chi connectivity index (χ0n) is 15.7. The van der Waals surface area contributed by atoms with Gasteiger partial charge < -0.3 is 19.9 Å². The molecule has 0 unspecified atom stereocenters. The number of benzene rings is 2. The third kappa shape index (κ3) is 6.02. The monoisotopic (exact) mass is 371 g/mol. The molecule has 0 bridgehead atoms. The highest BCUT2D eigenvalue weighted by Crippen LogP contribution is 2.25. The van der Waals surface area contributed by atoms with Gasteiger partial charge in [0.15, 0.2) is 0 Å². The number of nitrogens with one attached hydrogen (secondary N) is 1. The molecule has 2 rings (SSSR count). The molecule has 0 aliphatic heterocycles. The lowest BCUT2D eigenvalue weighted by Crippen LogP contribution is -2.12. The minimum Gasteiger partial charge on any atom is -0.506 e. The van der Waals surface area contributed by atoms with E-state index in [0.29, 0.717) is 17.9 Å². The summed E-state index contributed by atoms with van der Waals surface area (Å²) in [6, 6.07) is 11.0. The van der Waals surface area contributed by atoms with Gasteiger partial charge in [0.05, 0.1) is 25.0 Å². The summed E-state index contributed by atoms with van der Waals surface area (Å²) >= 11 is 0. The average Bonchev–Trinajstić information content (AvgIpc) is 2.69. The fourth-order valence-electron chi connectivity index (χ4n) is 2.50. The summed E-state index contributed by atoms with van der Waals surface area (Å²) in [5.41, 5.74) is 0.849. The number of phenols is 1. The highest BCUT2D eigenvalue weighted by Gasteiger charge is 2.12. The van der Waals surface area contributed by atoms with E-state index >= 15 is 0 Å². The first-order valence-electron chi connectivity index (χ1n) is 9.00. The molecule has 0 aliphatic rings. The predicted octanol–water partition coefficient (Wildman–Crippen LogP) is 4.39. The summed E-state index contributed by atoms with van der Waals surface area (Å²) in [5.74, 6) is -0.425. The van der Waals surface area contributed by atoms with E-state index in [-0.39, 0.29) is 22.9 Å². The van der Waals surface area contributed by atoms with Crippen LogP contribution in [0.25, 0.3) is 0 Å². The van der Waals surface area contributed by atoms with Crippen LogP contribution in [0.3, 0.4) is 0 Å². The summed E-state index contributed by atoms with van der Waals surface area (Å²) in [6.45, 7) is 2.82. The quantitative estimate of drug-likeness (QED) is 0.388. The molecule has 6 heteroatoms. The second-order valence-electron chi connectivity index (χ2n) is 6.11. The van der Waals surface area contributed by atoms with Crippen molar-refractivity contribution in [1.82, 2.24) is 0 Å². The molecule has 0 aromatic heterocycles. The van der Waals surface area contributed by atoms with Gasteiger partial charge in [0.25, 0.3) is 5.91 Å². The molecule has 0 saturated heterocycles. The van der Waals surface area contributed by atoms with E-state index in [2.05, 4.69) is 17.0 Å². The van der Waals surface area contributed by atoms with Crippen LogP contribution in [-0.4, -0.2) is 30.7 Å². The molecule has 0 atom stereocenters. The van der Waals surface area contributed by atoms with E-state index in [4.69, 9.17) is 4.74 Å². The summed E-state index contributed by atoms with van der Waals surface area (Å²) in [4.78, 5) is 23.8.